The Bertz CT molecular complexity index is 362. The first-order valence-corrected chi connectivity index (χ1v) is 4.28. The molecule has 0 bridgehead atoms. The van der Waals surface area contributed by atoms with E-state index in [1.54, 1.807) is 0 Å². The summed E-state index contributed by atoms with van der Waals surface area (Å²) in [6.07, 6.45) is 1.53. The average Bonchev–Trinajstić information content (AvgIpc) is 2.14. The predicted molar refractivity (Wildman–Crippen MR) is 48.1 cm³/mol. The van der Waals surface area contributed by atoms with Gasteiger partial charge in [0.1, 0.15) is 0 Å². The van der Waals surface area contributed by atoms with E-state index in [9.17, 15) is 13.2 Å². The van der Waals surface area contributed by atoms with Crippen LogP contribution >= 0.6 is 0 Å². The number of hydrogen-bond acceptors (Lipinski definition) is 0. The highest BCUT2D eigenvalue weighted by Crippen LogP contribution is 2.12. The first-order chi connectivity index (χ1) is 6.65. The largest absolute Gasteiger partial charge is 0.204 e. The standard InChI is InChI=1S/C11H9F3/c1-2-3-4-5-8-6-9(12)11(14)10(13)7-8/h6-7H,2-3H2,1H3. The lowest BCUT2D eigenvalue weighted by Crippen LogP contribution is -1.91. The van der Waals surface area contributed by atoms with E-state index in [-0.39, 0.29) is 5.56 Å². The molecule has 0 spiro atoms. The SMILES string of the molecule is CCCC#Cc1cc(F)c(F)c(F)c1. The molecule has 0 N–H and O–H groups in total. The van der Waals surface area contributed by atoms with Crippen molar-refractivity contribution in [2.24, 2.45) is 0 Å². The van der Waals surface area contributed by atoms with Crippen molar-refractivity contribution in [2.75, 3.05) is 0 Å². The van der Waals surface area contributed by atoms with E-state index in [2.05, 4.69) is 11.8 Å². The third-order valence-electron chi connectivity index (χ3n) is 1.59. The van der Waals surface area contributed by atoms with E-state index in [1.807, 2.05) is 6.92 Å². The molecule has 1 rings (SSSR count). The van der Waals surface area contributed by atoms with Crippen LogP contribution in [-0.2, 0) is 0 Å². The van der Waals surface area contributed by atoms with Gasteiger partial charge in [-0.3, -0.25) is 0 Å². The molecule has 74 valence electrons. The van der Waals surface area contributed by atoms with Crippen molar-refractivity contribution in [1.29, 1.82) is 0 Å². The molecule has 1 aromatic carbocycles. The Labute approximate surface area is 80.8 Å². The fraction of sp³-hybridized carbons (Fsp3) is 0.273. The molecule has 3 heteroatoms. The third-order valence-corrected chi connectivity index (χ3v) is 1.59. The maximum Gasteiger partial charge on any atom is 0.194 e. The molecule has 0 aliphatic rings. The van der Waals surface area contributed by atoms with Crippen molar-refractivity contribution in [3.63, 3.8) is 0 Å². The zero-order valence-electron chi connectivity index (χ0n) is 7.70. The number of halogens is 3. The molecule has 0 fully saturated rings. The smallest absolute Gasteiger partial charge is 0.194 e. The monoisotopic (exact) mass is 198 g/mol. The van der Waals surface area contributed by atoms with E-state index in [0.717, 1.165) is 18.6 Å². The molecule has 0 amide bonds. The lowest BCUT2D eigenvalue weighted by atomic mass is 10.2. The van der Waals surface area contributed by atoms with Crippen LogP contribution in [-0.4, -0.2) is 0 Å². The lowest BCUT2D eigenvalue weighted by Gasteiger charge is -1.95. The van der Waals surface area contributed by atoms with Gasteiger partial charge in [-0.25, -0.2) is 13.2 Å². The maximum atomic E-state index is 12.7. The highest BCUT2D eigenvalue weighted by molar-refractivity contribution is 5.35. The van der Waals surface area contributed by atoms with Gasteiger partial charge >= 0.3 is 0 Å². The van der Waals surface area contributed by atoms with Gasteiger partial charge in [-0.2, -0.15) is 0 Å². The number of unbranched alkanes of at least 4 members (excludes halogenated alkanes) is 1. The minimum Gasteiger partial charge on any atom is -0.204 e. The van der Waals surface area contributed by atoms with Crippen LogP contribution in [0.2, 0.25) is 0 Å². The van der Waals surface area contributed by atoms with Crippen molar-refractivity contribution in [2.45, 2.75) is 19.8 Å². The molecule has 0 saturated heterocycles. The molecule has 1 aromatic rings. The summed E-state index contributed by atoms with van der Waals surface area (Å²) in [5.74, 6) is 1.42. The van der Waals surface area contributed by atoms with E-state index in [4.69, 9.17) is 0 Å². The molecule has 0 saturated carbocycles. The van der Waals surface area contributed by atoms with Crippen LogP contribution in [0.1, 0.15) is 25.3 Å². The van der Waals surface area contributed by atoms with Gasteiger partial charge in [0.05, 0.1) is 0 Å². The predicted octanol–water partition coefficient (Wildman–Crippen LogP) is 3.26. The van der Waals surface area contributed by atoms with Crippen LogP contribution in [0.15, 0.2) is 12.1 Å². The van der Waals surface area contributed by atoms with Gasteiger partial charge in [0.25, 0.3) is 0 Å². The molecule has 0 unspecified atom stereocenters. The quantitative estimate of drug-likeness (QED) is 0.480. The third kappa shape index (κ3) is 2.53. The molecule has 0 heterocycles. The number of rotatable bonds is 1. The summed E-state index contributed by atoms with van der Waals surface area (Å²) in [6.45, 7) is 1.94. The maximum absolute atomic E-state index is 12.7. The Balaban J connectivity index is 2.97. The minimum atomic E-state index is -1.45. The van der Waals surface area contributed by atoms with Crippen molar-refractivity contribution >= 4 is 0 Å². The fourth-order valence-electron chi connectivity index (χ4n) is 0.917. The van der Waals surface area contributed by atoms with Crippen molar-refractivity contribution < 1.29 is 13.2 Å². The molecular formula is C11H9F3. The summed E-state index contributed by atoms with van der Waals surface area (Å²) in [7, 11) is 0. The summed E-state index contributed by atoms with van der Waals surface area (Å²) in [5, 5.41) is 0. The van der Waals surface area contributed by atoms with Gasteiger partial charge in [-0.05, 0) is 18.6 Å². The average molecular weight is 198 g/mol. The summed E-state index contributed by atoms with van der Waals surface area (Å²) in [6, 6.07) is 1.78. The van der Waals surface area contributed by atoms with Crippen molar-refractivity contribution in [1.82, 2.24) is 0 Å². The molecule has 0 aromatic heterocycles. The van der Waals surface area contributed by atoms with Crippen LogP contribution in [0, 0.1) is 29.3 Å². The summed E-state index contributed by atoms with van der Waals surface area (Å²) < 4.78 is 37.8. The number of benzene rings is 1. The molecule has 0 nitrogen and oxygen atoms in total. The highest BCUT2D eigenvalue weighted by Gasteiger charge is 2.08. The van der Waals surface area contributed by atoms with Gasteiger partial charge in [0, 0.05) is 12.0 Å². The second-order valence-corrected chi connectivity index (χ2v) is 2.81. The van der Waals surface area contributed by atoms with Gasteiger partial charge in [0.2, 0.25) is 0 Å². The topological polar surface area (TPSA) is 0 Å². The van der Waals surface area contributed by atoms with Crippen molar-refractivity contribution in [3.8, 4) is 11.8 Å². The Morgan fingerprint density at radius 3 is 2.21 bits per heavy atom. The van der Waals surface area contributed by atoms with Crippen LogP contribution < -0.4 is 0 Å². The Hall–Kier alpha value is -1.43. The minimum absolute atomic E-state index is 0.162. The van der Waals surface area contributed by atoms with Crippen molar-refractivity contribution in [3.05, 3.63) is 35.1 Å². The summed E-state index contributed by atoms with van der Waals surface area (Å²) in [5.41, 5.74) is 0.162. The molecule has 0 aliphatic carbocycles. The van der Waals surface area contributed by atoms with Crippen LogP contribution in [0.3, 0.4) is 0 Å². The molecule has 14 heavy (non-hydrogen) atoms. The lowest BCUT2D eigenvalue weighted by molar-refractivity contribution is 0.446. The van der Waals surface area contributed by atoms with E-state index in [1.165, 1.54) is 0 Å². The van der Waals surface area contributed by atoms with Gasteiger partial charge in [0.15, 0.2) is 17.5 Å². The summed E-state index contributed by atoms with van der Waals surface area (Å²) in [4.78, 5) is 0. The van der Waals surface area contributed by atoms with Crippen LogP contribution in [0.25, 0.3) is 0 Å². The molecular weight excluding hydrogens is 189 g/mol. The highest BCUT2D eigenvalue weighted by atomic mass is 19.2. The fourth-order valence-corrected chi connectivity index (χ4v) is 0.917. The zero-order chi connectivity index (χ0) is 10.6. The van der Waals surface area contributed by atoms with Crippen LogP contribution in [0.4, 0.5) is 13.2 Å². The summed E-state index contributed by atoms with van der Waals surface area (Å²) >= 11 is 0. The first-order valence-electron chi connectivity index (χ1n) is 4.28. The first kappa shape index (κ1) is 10.6. The van der Waals surface area contributed by atoms with E-state index < -0.39 is 17.5 Å². The second kappa shape index (κ2) is 4.71. The zero-order valence-corrected chi connectivity index (χ0v) is 7.70. The van der Waals surface area contributed by atoms with Gasteiger partial charge in [-0.1, -0.05) is 18.8 Å². The van der Waals surface area contributed by atoms with E-state index >= 15 is 0 Å². The second-order valence-electron chi connectivity index (χ2n) is 2.81. The molecule has 0 radical (unpaired) electrons. The number of hydrogen-bond donors (Lipinski definition) is 0. The normalized spacial score (nSPS) is 9.43. The Morgan fingerprint density at radius 2 is 1.71 bits per heavy atom. The van der Waals surface area contributed by atoms with Gasteiger partial charge in [-0.15, -0.1) is 0 Å². The molecule has 0 atom stereocenters. The van der Waals surface area contributed by atoms with Crippen LogP contribution in [0.5, 0.6) is 0 Å². The Morgan fingerprint density at radius 1 is 1.14 bits per heavy atom. The molecule has 0 aliphatic heterocycles. The van der Waals surface area contributed by atoms with Gasteiger partial charge < -0.3 is 0 Å². The Kier molecular flexibility index (Phi) is 3.58. The van der Waals surface area contributed by atoms with E-state index in [0.29, 0.717) is 6.42 Å².